The number of halogens is 1. The first-order chi connectivity index (χ1) is 7.48. The Labute approximate surface area is 98.9 Å². The first-order valence-corrected chi connectivity index (χ1v) is 5.35. The SMILES string of the molecule is CCCC(C)(Nc1cncc(Cl)n1)C(=O)O. The summed E-state index contributed by atoms with van der Waals surface area (Å²) in [5.41, 5.74) is -1.05. The largest absolute Gasteiger partial charge is 0.480 e. The molecule has 2 N–H and O–H groups in total. The molecule has 1 rings (SSSR count). The summed E-state index contributed by atoms with van der Waals surface area (Å²) in [6.45, 7) is 3.54. The molecule has 0 aromatic carbocycles. The van der Waals surface area contributed by atoms with Gasteiger partial charge < -0.3 is 10.4 Å². The maximum Gasteiger partial charge on any atom is 0.329 e. The van der Waals surface area contributed by atoms with E-state index in [-0.39, 0.29) is 5.15 Å². The van der Waals surface area contributed by atoms with Crippen molar-refractivity contribution >= 4 is 23.4 Å². The van der Waals surface area contributed by atoms with E-state index in [1.807, 2.05) is 6.92 Å². The third-order valence-electron chi connectivity index (χ3n) is 2.23. The van der Waals surface area contributed by atoms with E-state index in [1.165, 1.54) is 12.4 Å². The fourth-order valence-corrected chi connectivity index (χ4v) is 1.56. The lowest BCUT2D eigenvalue weighted by Crippen LogP contribution is -2.43. The molecule has 0 saturated carbocycles. The summed E-state index contributed by atoms with van der Waals surface area (Å²) >= 11 is 5.67. The first-order valence-electron chi connectivity index (χ1n) is 4.97. The predicted octanol–water partition coefficient (Wildman–Crippen LogP) is 2.19. The summed E-state index contributed by atoms with van der Waals surface area (Å²) in [7, 11) is 0. The lowest BCUT2D eigenvalue weighted by molar-refractivity contribution is -0.142. The fourth-order valence-electron chi connectivity index (χ4n) is 1.41. The standard InChI is InChI=1S/C10H14ClN3O2/c1-3-4-10(2,9(15)16)14-8-6-12-5-7(11)13-8/h5-6H,3-4H2,1-2H3,(H,13,14)(H,15,16). The molecule has 0 aliphatic rings. The highest BCUT2D eigenvalue weighted by molar-refractivity contribution is 6.29. The summed E-state index contributed by atoms with van der Waals surface area (Å²) in [5, 5.41) is 12.2. The Morgan fingerprint density at radius 2 is 2.31 bits per heavy atom. The molecule has 0 aliphatic carbocycles. The molecule has 1 unspecified atom stereocenters. The number of aromatic nitrogens is 2. The number of carboxylic acids is 1. The summed E-state index contributed by atoms with van der Waals surface area (Å²) in [5.74, 6) is -0.554. The lowest BCUT2D eigenvalue weighted by Gasteiger charge is -2.26. The zero-order valence-corrected chi connectivity index (χ0v) is 9.95. The lowest BCUT2D eigenvalue weighted by atomic mass is 9.96. The number of rotatable bonds is 5. The number of hydrogen-bond acceptors (Lipinski definition) is 4. The Morgan fingerprint density at radius 3 is 2.81 bits per heavy atom. The van der Waals surface area contributed by atoms with Gasteiger partial charge in [0.1, 0.15) is 16.5 Å². The summed E-state index contributed by atoms with van der Waals surface area (Å²) in [4.78, 5) is 18.9. The van der Waals surface area contributed by atoms with E-state index < -0.39 is 11.5 Å². The van der Waals surface area contributed by atoms with E-state index in [0.717, 1.165) is 6.42 Å². The van der Waals surface area contributed by atoms with Crippen LogP contribution in [-0.2, 0) is 4.79 Å². The van der Waals surface area contributed by atoms with Crippen molar-refractivity contribution in [2.24, 2.45) is 0 Å². The average Bonchev–Trinajstić information content (AvgIpc) is 2.17. The molecule has 1 atom stereocenters. The van der Waals surface area contributed by atoms with Crippen LogP contribution in [-0.4, -0.2) is 26.6 Å². The normalized spacial score (nSPS) is 14.2. The van der Waals surface area contributed by atoms with E-state index >= 15 is 0 Å². The average molecular weight is 244 g/mol. The quantitative estimate of drug-likeness (QED) is 0.829. The molecular formula is C10H14ClN3O2. The van der Waals surface area contributed by atoms with Gasteiger partial charge in [0.05, 0.1) is 12.4 Å². The third kappa shape index (κ3) is 3.06. The van der Waals surface area contributed by atoms with E-state index in [0.29, 0.717) is 12.2 Å². The van der Waals surface area contributed by atoms with Crippen LogP contribution < -0.4 is 5.32 Å². The monoisotopic (exact) mass is 243 g/mol. The van der Waals surface area contributed by atoms with Crippen molar-refractivity contribution in [2.75, 3.05) is 5.32 Å². The van der Waals surface area contributed by atoms with Gasteiger partial charge in [0.15, 0.2) is 0 Å². The van der Waals surface area contributed by atoms with Gasteiger partial charge in [-0.3, -0.25) is 4.98 Å². The minimum atomic E-state index is -1.05. The van der Waals surface area contributed by atoms with Crippen LogP contribution in [0.15, 0.2) is 12.4 Å². The van der Waals surface area contributed by atoms with Crippen molar-refractivity contribution in [3.63, 3.8) is 0 Å². The Hall–Kier alpha value is -1.36. The van der Waals surface area contributed by atoms with Gasteiger partial charge in [0.2, 0.25) is 0 Å². The molecule has 1 aromatic heterocycles. The molecule has 0 bridgehead atoms. The molecule has 1 aromatic rings. The van der Waals surface area contributed by atoms with Crippen molar-refractivity contribution in [1.29, 1.82) is 0 Å². The van der Waals surface area contributed by atoms with Gasteiger partial charge in [-0.05, 0) is 13.3 Å². The third-order valence-corrected chi connectivity index (χ3v) is 2.41. The van der Waals surface area contributed by atoms with E-state index in [9.17, 15) is 4.79 Å². The molecule has 0 spiro atoms. The van der Waals surface area contributed by atoms with Crippen LogP contribution in [0.25, 0.3) is 0 Å². The fraction of sp³-hybridized carbons (Fsp3) is 0.500. The second-order valence-electron chi connectivity index (χ2n) is 3.74. The molecule has 0 amide bonds. The number of carbonyl (C=O) groups is 1. The van der Waals surface area contributed by atoms with Gasteiger partial charge in [0, 0.05) is 0 Å². The van der Waals surface area contributed by atoms with Crippen molar-refractivity contribution in [2.45, 2.75) is 32.2 Å². The van der Waals surface area contributed by atoms with Crippen molar-refractivity contribution in [3.8, 4) is 0 Å². The molecule has 88 valence electrons. The van der Waals surface area contributed by atoms with E-state index in [1.54, 1.807) is 6.92 Å². The van der Waals surface area contributed by atoms with Gasteiger partial charge >= 0.3 is 5.97 Å². The highest BCUT2D eigenvalue weighted by Crippen LogP contribution is 2.19. The number of aliphatic carboxylic acids is 1. The van der Waals surface area contributed by atoms with Gasteiger partial charge in [-0.15, -0.1) is 0 Å². The second-order valence-corrected chi connectivity index (χ2v) is 4.13. The molecule has 0 aliphatic heterocycles. The van der Waals surface area contributed by atoms with Crippen molar-refractivity contribution < 1.29 is 9.90 Å². The van der Waals surface area contributed by atoms with Crippen LogP contribution in [0.4, 0.5) is 5.82 Å². The summed E-state index contributed by atoms with van der Waals surface area (Å²) < 4.78 is 0. The Balaban J connectivity index is 2.87. The molecular weight excluding hydrogens is 230 g/mol. The number of nitrogens with one attached hydrogen (secondary N) is 1. The summed E-state index contributed by atoms with van der Waals surface area (Å²) in [6, 6.07) is 0. The Kier molecular flexibility index (Phi) is 4.06. The molecule has 1 heterocycles. The summed E-state index contributed by atoms with van der Waals surface area (Å²) in [6.07, 6.45) is 4.09. The molecule has 16 heavy (non-hydrogen) atoms. The van der Waals surface area contributed by atoms with Gasteiger partial charge in [-0.2, -0.15) is 0 Å². The number of anilines is 1. The van der Waals surface area contributed by atoms with Crippen LogP contribution in [0.2, 0.25) is 5.15 Å². The topological polar surface area (TPSA) is 75.1 Å². The van der Waals surface area contributed by atoms with Crippen LogP contribution >= 0.6 is 11.6 Å². The maximum atomic E-state index is 11.2. The minimum Gasteiger partial charge on any atom is -0.480 e. The van der Waals surface area contributed by atoms with Gasteiger partial charge in [-0.25, -0.2) is 9.78 Å². The number of nitrogens with zero attached hydrogens (tertiary/aromatic N) is 2. The zero-order chi connectivity index (χ0) is 12.2. The number of hydrogen-bond donors (Lipinski definition) is 2. The van der Waals surface area contributed by atoms with E-state index in [2.05, 4.69) is 15.3 Å². The minimum absolute atomic E-state index is 0.231. The van der Waals surface area contributed by atoms with Gasteiger partial charge in [-0.1, -0.05) is 24.9 Å². The zero-order valence-electron chi connectivity index (χ0n) is 9.20. The maximum absolute atomic E-state index is 11.2. The van der Waals surface area contributed by atoms with Crippen LogP contribution in [0, 0.1) is 0 Å². The molecule has 0 radical (unpaired) electrons. The van der Waals surface area contributed by atoms with Crippen molar-refractivity contribution in [1.82, 2.24) is 9.97 Å². The van der Waals surface area contributed by atoms with Crippen LogP contribution in [0.1, 0.15) is 26.7 Å². The van der Waals surface area contributed by atoms with E-state index in [4.69, 9.17) is 16.7 Å². The molecule has 6 heteroatoms. The highest BCUT2D eigenvalue weighted by Gasteiger charge is 2.32. The predicted molar refractivity (Wildman–Crippen MR) is 61.6 cm³/mol. The smallest absolute Gasteiger partial charge is 0.329 e. The van der Waals surface area contributed by atoms with Crippen LogP contribution in [0.5, 0.6) is 0 Å². The van der Waals surface area contributed by atoms with Crippen LogP contribution in [0.3, 0.4) is 0 Å². The molecule has 0 fully saturated rings. The highest BCUT2D eigenvalue weighted by atomic mass is 35.5. The first kappa shape index (κ1) is 12.7. The molecule has 5 nitrogen and oxygen atoms in total. The number of carboxylic acid groups (broad SMARTS) is 1. The van der Waals surface area contributed by atoms with Gasteiger partial charge in [0.25, 0.3) is 0 Å². The Morgan fingerprint density at radius 1 is 1.62 bits per heavy atom. The molecule has 0 saturated heterocycles. The van der Waals surface area contributed by atoms with Crippen molar-refractivity contribution in [3.05, 3.63) is 17.5 Å². The second kappa shape index (κ2) is 5.12. The Bertz CT molecular complexity index is 386.